The minimum Gasteiger partial charge on any atom is -0.481 e. The number of aliphatic carboxylic acids is 2. The first kappa shape index (κ1) is 33.2. The normalized spacial score (nSPS) is 13.7. The van der Waals surface area contributed by atoms with E-state index < -0.39 is 78.5 Å². The van der Waals surface area contributed by atoms with Gasteiger partial charge in [0.2, 0.25) is 29.5 Å². The number of carbonyl (C=O) groups is 7. The van der Waals surface area contributed by atoms with E-state index in [1.807, 2.05) is 0 Å². The maximum absolute atomic E-state index is 13.3. The van der Waals surface area contributed by atoms with Gasteiger partial charge in [0.1, 0.15) is 18.1 Å². The van der Waals surface area contributed by atoms with Gasteiger partial charge in [-0.1, -0.05) is 18.2 Å². The standard InChI is InChI=1S/C26H35N7O9/c27-15(5-8-20(28)34)23(38)31-17(6-9-21(29)35)24(39)33-19(11-13-12-30-16-4-2-1-3-14(13)16)25(40)32-18(26(41)42)7-10-22(36)37/h1-4,12,15,17-19,30H,5-11,27H2,(H2,28,34)(H2,29,35)(H,31,38)(H,32,40)(H,33,39)(H,36,37)(H,41,42). The first-order valence-corrected chi connectivity index (χ1v) is 13.0. The summed E-state index contributed by atoms with van der Waals surface area (Å²) in [7, 11) is 0. The molecule has 4 unspecified atom stereocenters. The lowest BCUT2D eigenvalue weighted by Gasteiger charge is -2.25. The Morgan fingerprint density at radius 1 is 0.738 bits per heavy atom. The number of hydrogen-bond acceptors (Lipinski definition) is 8. The largest absolute Gasteiger partial charge is 0.481 e. The van der Waals surface area contributed by atoms with Crippen LogP contribution in [0, 0.1) is 0 Å². The van der Waals surface area contributed by atoms with Crippen LogP contribution >= 0.6 is 0 Å². The lowest BCUT2D eigenvalue weighted by atomic mass is 10.0. The number of carboxylic acid groups (broad SMARTS) is 2. The van der Waals surface area contributed by atoms with Crippen LogP contribution in [0.4, 0.5) is 0 Å². The second-order valence-electron chi connectivity index (χ2n) is 9.63. The number of nitrogens with one attached hydrogen (secondary N) is 4. The minimum atomic E-state index is -1.57. The molecule has 4 atom stereocenters. The van der Waals surface area contributed by atoms with Crippen molar-refractivity contribution in [3.63, 3.8) is 0 Å². The van der Waals surface area contributed by atoms with Gasteiger partial charge in [0, 0.05) is 42.8 Å². The van der Waals surface area contributed by atoms with Gasteiger partial charge in [-0.2, -0.15) is 0 Å². The van der Waals surface area contributed by atoms with Gasteiger partial charge < -0.3 is 48.3 Å². The van der Waals surface area contributed by atoms with Gasteiger partial charge >= 0.3 is 11.9 Å². The summed E-state index contributed by atoms with van der Waals surface area (Å²) >= 11 is 0. The van der Waals surface area contributed by atoms with Crippen LogP contribution in [-0.2, 0) is 40.0 Å². The number of aromatic nitrogens is 1. The van der Waals surface area contributed by atoms with Crippen molar-refractivity contribution in [1.82, 2.24) is 20.9 Å². The summed E-state index contributed by atoms with van der Waals surface area (Å²) < 4.78 is 0. The maximum atomic E-state index is 13.3. The summed E-state index contributed by atoms with van der Waals surface area (Å²) in [5, 5.41) is 26.3. The molecule has 2 aromatic rings. The van der Waals surface area contributed by atoms with E-state index in [0.717, 1.165) is 10.9 Å². The number of fused-ring (bicyclic) bond motifs is 1. The highest BCUT2D eigenvalue weighted by molar-refractivity contribution is 5.95. The Kier molecular flexibility index (Phi) is 12.4. The summed E-state index contributed by atoms with van der Waals surface area (Å²) in [6.45, 7) is 0. The van der Waals surface area contributed by atoms with E-state index >= 15 is 0 Å². The van der Waals surface area contributed by atoms with E-state index in [0.29, 0.717) is 5.56 Å². The molecular weight excluding hydrogens is 554 g/mol. The average Bonchev–Trinajstić information content (AvgIpc) is 3.33. The molecule has 2 rings (SSSR count). The van der Waals surface area contributed by atoms with Crippen molar-refractivity contribution < 1.29 is 43.8 Å². The second kappa shape index (κ2) is 15.7. The van der Waals surface area contributed by atoms with Gasteiger partial charge in [-0.05, 0) is 30.9 Å². The summed E-state index contributed by atoms with van der Waals surface area (Å²) in [5.41, 5.74) is 17.4. The van der Waals surface area contributed by atoms with Crippen LogP contribution in [0.1, 0.15) is 44.1 Å². The molecule has 12 N–H and O–H groups in total. The van der Waals surface area contributed by atoms with E-state index in [-0.39, 0.29) is 32.1 Å². The molecule has 1 heterocycles. The summed E-state index contributed by atoms with van der Waals surface area (Å²) in [6.07, 6.45) is -0.325. The van der Waals surface area contributed by atoms with Crippen LogP contribution in [0.25, 0.3) is 10.9 Å². The molecular formula is C26H35N7O9. The van der Waals surface area contributed by atoms with Crippen LogP contribution in [0.3, 0.4) is 0 Å². The molecule has 5 amide bonds. The SMILES string of the molecule is NC(=O)CCC(N)C(=O)NC(CCC(N)=O)C(=O)NC(Cc1c[nH]c2ccccc12)C(=O)NC(CCC(=O)O)C(=O)O. The Morgan fingerprint density at radius 2 is 1.29 bits per heavy atom. The highest BCUT2D eigenvalue weighted by atomic mass is 16.4. The van der Waals surface area contributed by atoms with Crippen LogP contribution in [0.5, 0.6) is 0 Å². The number of rotatable bonds is 18. The topological polar surface area (TPSA) is 290 Å². The van der Waals surface area contributed by atoms with Crippen molar-refractivity contribution >= 4 is 52.4 Å². The number of primary amides is 2. The fraction of sp³-hybridized carbons (Fsp3) is 0.423. The molecule has 0 saturated heterocycles. The first-order valence-electron chi connectivity index (χ1n) is 13.0. The average molecular weight is 590 g/mol. The van der Waals surface area contributed by atoms with E-state index in [4.69, 9.17) is 22.3 Å². The molecule has 0 radical (unpaired) electrons. The summed E-state index contributed by atoms with van der Waals surface area (Å²) in [4.78, 5) is 87.4. The number of amides is 5. The second-order valence-corrected chi connectivity index (χ2v) is 9.63. The molecule has 0 bridgehead atoms. The molecule has 0 spiro atoms. The molecule has 0 fully saturated rings. The highest BCUT2D eigenvalue weighted by Gasteiger charge is 2.31. The highest BCUT2D eigenvalue weighted by Crippen LogP contribution is 2.19. The lowest BCUT2D eigenvalue weighted by Crippen LogP contribution is -2.57. The quantitative estimate of drug-likeness (QED) is 0.0918. The molecule has 0 aliphatic rings. The third kappa shape index (κ3) is 10.5. The van der Waals surface area contributed by atoms with Gasteiger partial charge in [-0.3, -0.25) is 28.8 Å². The van der Waals surface area contributed by atoms with Gasteiger partial charge in [-0.15, -0.1) is 0 Å². The van der Waals surface area contributed by atoms with Gasteiger partial charge in [-0.25, -0.2) is 4.79 Å². The molecule has 228 valence electrons. The van der Waals surface area contributed by atoms with Crippen LogP contribution in [0.15, 0.2) is 30.5 Å². The van der Waals surface area contributed by atoms with E-state index in [1.165, 1.54) is 0 Å². The zero-order chi connectivity index (χ0) is 31.4. The number of hydrogen-bond donors (Lipinski definition) is 9. The lowest BCUT2D eigenvalue weighted by molar-refractivity contribution is -0.143. The predicted octanol–water partition coefficient (Wildman–Crippen LogP) is -2.03. The van der Waals surface area contributed by atoms with Gasteiger partial charge in [0.15, 0.2) is 0 Å². The van der Waals surface area contributed by atoms with Crippen molar-refractivity contribution in [1.29, 1.82) is 0 Å². The number of benzene rings is 1. The van der Waals surface area contributed by atoms with E-state index in [1.54, 1.807) is 30.5 Å². The zero-order valence-corrected chi connectivity index (χ0v) is 22.6. The smallest absolute Gasteiger partial charge is 0.326 e. The molecule has 16 nitrogen and oxygen atoms in total. The summed E-state index contributed by atoms with van der Waals surface area (Å²) in [5.74, 6) is -6.84. The monoisotopic (exact) mass is 589 g/mol. The number of aromatic amines is 1. The molecule has 0 aliphatic heterocycles. The van der Waals surface area contributed by atoms with E-state index in [9.17, 15) is 38.7 Å². The first-order chi connectivity index (χ1) is 19.8. The number of H-pyrrole nitrogens is 1. The number of nitrogens with two attached hydrogens (primary N) is 3. The third-order valence-electron chi connectivity index (χ3n) is 6.34. The maximum Gasteiger partial charge on any atom is 0.326 e. The molecule has 42 heavy (non-hydrogen) atoms. The van der Waals surface area contributed by atoms with E-state index in [2.05, 4.69) is 20.9 Å². The molecule has 0 saturated carbocycles. The number of carbonyl (C=O) groups excluding carboxylic acids is 5. The number of carboxylic acids is 2. The summed E-state index contributed by atoms with van der Waals surface area (Å²) in [6, 6.07) is 1.56. The molecule has 1 aromatic heterocycles. The Balaban J connectivity index is 2.32. The Bertz CT molecular complexity index is 1330. The Morgan fingerprint density at radius 3 is 1.90 bits per heavy atom. The van der Waals surface area contributed by atoms with Crippen molar-refractivity contribution in [3.8, 4) is 0 Å². The van der Waals surface area contributed by atoms with Crippen molar-refractivity contribution in [2.24, 2.45) is 17.2 Å². The Labute approximate surface area is 239 Å². The van der Waals surface area contributed by atoms with Crippen LogP contribution < -0.4 is 33.2 Å². The zero-order valence-electron chi connectivity index (χ0n) is 22.6. The number of para-hydroxylation sites is 1. The molecule has 0 aliphatic carbocycles. The molecule has 16 heteroatoms. The minimum absolute atomic E-state index is 0.107. The van der Waals surface area contributed by atoms with Crippen molar-refractivity contribution in [3.05, 3.63) is 36.0 Å². The molecule has 1 aromatic carbocycles. The fourth-order valence-electron chi connectivity index (χ4n) is 4.06. The van der Waals surface area contributed by atoms with Crippen molar-refractivity contribution in [2.75, 3.05) is 0 Å². The Hall–Kier alpha value is -4.99. The fourth-order valence-corrected chi connectivity index (χ4v) is 4.06. The van der Waals surface area contributed by atoms with Crippen LogP contribution in [-0.4, -0.2) is 80.8 Å². The predicted molar refractivity (Wildman–Crippen MR) is 147 cm³/mol. The van der Waals surface area contributed by atoms with Gasteiger partial charge in [0.05, 0.1) is 6.04 Å². The van der Waals surface area contributed by atoms with Crippen molar-refractivity contribution in [2.45, 2.75) is 69.1 Å². The third-order valence-corrected chi connectivity index (χ3v) is 6.34. The van der Waals surface area contributed by atoms with Gasteiger partial charge in [0.25, 0.3) is 0 Å². The van der Waals surface area contributed by atoms with Crippen LogP contribution in [0.2, 0.25) is 0 Å².